The molecular weight excluding hydrogens is 288 g/mol. The highest BCUT2D eigenvalue weighted by molar-refractivity contribution is 5.80. The number of piperidine rings is 1. The number of benzene rings is 1. The molecule has 1 aromatic carbocycles. The minimum absolute atomic E-state index is 0.631. The molecule has 23 heavy (non-hydrogen) atoms. The molecule has 1 aromatic heterocycles. The Balaban J connectivity index is 1.54. The van der Waals surface area contributed by atoms with E-state index >= 15 is 0 Å². The van der Waals surface area contributed by atoms with E-state index in [-0.39, 0.29) is 0 Å². The molecule has 0 unspecified atom stereocenters. The van der Waals surface area contributed by atoms with Crippen molar-refractivity contribution in [1.29, 1.82) is 0 Å². The highest BCUT2D eigenvalue weighted by Gasteiger charge is 2.17. The molecule has 1 saturated heterocycles. The van der Waals surface area contributed by atoms with Crippen LogP contribution in [-0.4, -0.2) is 36.2 Å². The number of hydrogen-bond donors (Lipinski definition) is 1. The third kappa shape index (κ3) is 4.22. The second-order valence-electron chi connectivity index (χ2n) is 5.59. The molecule has 0 atom stereocenters. The Morgan fingerprint density at radius 3 is 2.70 bits per heavy atom. The van der Waals surface area contributed by atoms with Gasteiger partial charge in [0.2, 0.25) is 0 Å². The summed E-state index contributed by atoms with van der Waals surface area (Å²) < 4.78 is 4.85. The van der Waals surface area contributed by atoms with Crippen molar-refractivity contribution in [3.05, 3.63) is 59.5 Å². The molecule has 1 aliphatic heterocycles. The molecule has 5 nitrogen and oxygen atoms in total. The summed E-state index contributed by atoms with van der Waals surface area (Å²) >= 11 is 0. The minimum Gasteiger partial charge on any atom is -0.364 e. The van der Waals surface area contributed by atoms with Gasteiger partial charge in [0.1, 0.15) is 12.0 Å². The summed E-state index contributed by atoms with van der Waals surface area (Å²) in [6.45, 7) is 2.60. The van der Waals surface area contributed by atoms with E-state index in [2.05, 4.69) is 56.8 Å². The lowest BCUT2D eigenvalue weighted by atomic mass is 10.0. The summed E-state index contributed by atoms with van der Waals surface area (Å²) in [6, 6.07) is 12.4. The summed E-state index contributed by atoms with van der Waals surface area (Å²) in [5.41, 5.74) is 3.66. The van der Waals surface area contributed by atoms with Crippen molar-refractivity contribution in [3.8, 4) is 0 Å². The first-order chi connectivity index (χ1) is 11.3. The van der Waals surface area contributed by atoms with Crippen LogP contribution in [0.5, 0.6) is 0 Å². The highest BCUT2D eigenvalue weighted by Crippen LogP contribution is 2.19. The third-order valence-electron chi connectivity index (χ3n) is 4.01. The zero-order valence-electron chi connectivity index (χ0n) is 13.4. The molecule has 2 aromatic rings. The lowest BCUT2D eigenvalue weighted by Gasteiger charge is -2.31. The molecule has 1 fully saturated rings. The molecular formula is C18H22N4O. The predicted octanol–water partition coefficient (Wildman–Crippen LogP) is 2.93. The van der Waals surface area contributed by atoms with Crippen LogP contribution in [0, 0.1) is 0 Å². The number of hydrogen-bond acceptors (Lipinski definition) is 3. The van der Waals surface area contributed by atoms with Crippen molar-refractivity contribution in [1.82, 2.24) is 15.4 Å². The molecule has 5 heteroatoms. The minimum atomic E-state index is 0.631. The zero-order valence-corrected chi connectivity index (χ0v) is 13.4. The van der Waals surface area contributed by atoms with Crippen LogP contribution in [0.15, 0.2) is 57.7 Å². The molecule has 0 amide bonds. The van der Waals surface area contributed by atoms with Crippen molar-refractivity contribution < 1.29 is 4.52 Å². The smallest absolute Gasteiger partial charge is 0.193 e. The number of rotatable bonds is 3. The standard InChI is InChI=1S/C18H22N4O/c1-19-18(20-14-17-9-12-23-21-17)22-10-7-16(8-11-22)13-15-5-3-2-4-6-15/h2-6,9,12-13H,7-8,10-11,14H2,1H3,(H,19,20). The SMILES string of the molecule is CN=C(NCc1ccon1)N1CCC(=Cc2ccccc2)CC1. The number of likely N-dealkylation sites (tertiary alicyclic amines) is 1. The van der Waals surface area contributed by atoms with E-state index in [1.807, 2.05) is 13.1 Å². The topological polar surface area (TPSA) is 53.7 Å². The molecule has 120 valence electrons. The zero-order chi connectivity index (χ0) is 15.9. The predicted molar refractivity (Wildman–Crippen MR) is 91.9 cm³/mol. The van der Waals surface area contributed by atoms with E-state index in [9.17, 15) is 0 Å². The fourth-order valence-corrected chi connectivity index (χ4v) is 2.77. The van der Waals surface area contributed by atoms with Gasteiger partial charge in [-0.15, -0.1) is 0 Å². The first-order valence-electron chi connectivity index (χ1n) is 7.94. The lowest BCUT2D eigenvalue weighted by molar-refractivity contribution is 0.373. The number of nitrogens with zero attached hydrogens (tertiary/aromatic N) is 3. The maximum absolute atomic E-state index is 4.85. The number of nitrogens with one attached hydrogen (secondary N) is 1. The van der Waals surface area contributed by atoms with Gasteiger partial charge in [0.05, 0.1) is 6.54 Å². The van der Waals surface area contributed by atoms with Gasteiger partial charge in [-0.2, -0.15) is 0 Å². The second kappa shape index (κ2) is 7.63. The molecule has 0 bridgehead atoms. The Bertz CT molecular complexity index is 652. The monoisotopic (exact) mass is 310 g/mol. The first kappa shape index (κ1) is 15.3. The number of aliphatic imine (C=N–C) groups is 1. The summed E-state index contributed by atoms with van der Waals surface area (Å²) in [5.74, 6) is 0.923. The van der Waals surface area contributed by atoms with Gasteiger partial charge >= 0.3 is 0 Å². The van der Waals surface area contributed by atoms with Gasteiger partial charge in [-0.05, 0) is 18.4 Å². The van der Waals surface area contributed by atoms with Crippen molar-refractivity contribution in [3.63, 3.8) is 0 Å². The summed E-state index contributed by atoms with van der Waals surface area (Å²) in [7, 11) is 1.82. The fraction of sp³-hybridized carbons (Fsp3) is 0.333. The Morgan fingerprint density at radius 2 is 2.04 bits per heavy atom. The Kier molecular flexibility index (Phi) is 5.09. The normalized spacial score (nSPS) is 15.6. The third-order valence-corrected chi connectivity index (χ3v) is 4.01. The van der Waals surface area contributed by atoms with E-state index in [1.165, 1.54) is 11.1 Å². The summed E-state index contributed by atoms with van der Waals surface area (Å²) in [5, 5.41) is 7.25. The summed E-state index contributed by atoms with van der Waals surface area (Å²) in [4.78, 5) is 6.67. The number of guanidine groups is 1. The fourth-order valence-electron chi connectivity index (χ4n) is 2.77. The quantitative estimate of drug-likeness (QED) is 0.699. The van der Waals surface area contributed by atoms with Gasteiger partial charge in [0.25, 0.3) is 0 Å². The maximum Gasteiger partial charge on any atom is 0.193 e. The van der Waals surface area contributed by atoms with E-state index in [0.717, 1.165) is 37.6 Å². The molecule has 0 radical (unpaired) electrons. The second-order valence-corrected chi connectivity index (χ2v) is 5.59. The van der Waals surface area contributed by atoms with Crippen LogP contribution in [0.2, 0.25) is 0 Å². The van der Waals surface area contributed by atoms with Crippen LogP contribution in [0.3, 0.4) is 0 Å². The Morgan fingerprint density at radius 1 is 1.26 bits per heavy atom. The molecule has 1 aliphatic rings. The highest BCUT2D eigenvalue weighted by atomic mass is 16.5. The molecule has 0 spiro atoms. The maximum atomic E-state index is 4.85. The average molecular weight is 310 g/mol. The van der Waals surface area contributed by atoms with E-state index in [4.69, 9.17) is 4.52 Å². The molecule has 3 rings (SSSR count). The molecule has 1 N–H and O–H groups in total. The first-order valence-corrected chi connectivity index (χ1v) is 7.94. The molecule has 0 saturated carbocycles. The van der Waals surface area contributed by atoms with Crippen molar-refractivity contribution in [2.24, 2.45) is 4.99 Å². The van der Waals surface area contributed by atoms with E-state index in [0.29, 0.717) is 6.54 Å². The van der Waals surface area contributed by atoms with Crippen LogP contribution >= 0.6 is 0 Å². The van der Waals surface area contributed by atoms with Gasteiger partial charge in [-0.25, -0.2) is 0 Å². The van der Waals surface area contributed by atoms with Gasteiger partial charge < -0.3 is 14.7 Å². The Hall–Kier alpha value is -2.56. The van der Waals surface area contributed by atoms with Crippen LogP contribution in [-0.2, 0) is 6.54 Å². The van der Waals surface area contributed by atoms with Crippen LogP contribution in [0.25, 0.3) is 6.08 Å². The average Bonchev–Trinajstić information content (AvgIpc) is 3.11. The van der Waals surface area contributed by atoms with Crippen LogP contribution in [0.4, 0.5) is 0 Å². The van der Waals surface area contributed by atoms with Crippen molar-refractivity contribution >= 4 is 12.0 Å². The van der Waals surface area contributed by atoms with Gasteiger partial charge in [-0.3, -0.25) is 4.99 Å². The Labute approximate surface area is 136 Å². The molecule has 0 aliphatic carbocycles. The molecule has 2 heterocycles. The van der Waals surface area contributed by atoms with Crippen LogP contribution in [0.1, 0.15) is 24.1 Å². The van der Waals surface area contributed by atoms with Crippen molar-refractivity contribution in [2.75, 3.05) is 20.1 Å². The van der Waals surface area contributed by atoms with Gasteiger partial charge in [-0.1, -0.05) is 47.1 Å². The van der Waals surface area contributed by atoms with E-state index in [1.54, 1.807) is 6.26 Å². The summed E-state index contributed by atoms with van der Waals surface area (Å²) in [6.07, 6.45) is 6.03. The largest absolute Gasteiger partial charge is 0.364 e. The number of aromatic nitrogens is 1. The van der Waals surface area contributed by atoms with Gasteiger partial charge in [0.15, 0.2) is 5.96 Å². The van der Waals surface area contributed by atoms with E-state index < -0.39 is 0 Å². The van der Waals surface area contributed by atoms with Crippen LogP contribution < -0.4 is 5.32 Å². The lowest BCUT2D eigenvalue weighted by Crippen LogP contribution is -2.44. The van der Waals surface area contributed by atoms with Gasteiger partial charge in [0, 0.05) is 26.2 Å². The van der Waals surface area contributed by atoms with Crippen molar-refractivity contribution in [2.45, 2.75) is 19.4 Å².